The molecule has 122 valence electrons. The van der Waals surface area contributed by atoms with E-state index in [4.69, 9.17) is 4.98 Å². The van der Waals surface area contributed by atoms with Crippen LogP contribution in [-0.4, -0.2) is 49.2 Å². The summed E-state index contributed by atoms with van der Waals surface area (Å²) in [6.45, 7) is 18.5. The molecule has 0 saturated carbocycles. The molecule has 0 saturated heterocycles. The number of aromatic nitrogens is 1. The summed E-state index contributed by atoms with van der Waals surface area (Å²) >= 11 is 1.84. The zero-order valence-electron chi connectivity index (χ0n) is 14.4. The Morgan fingerprint density at radius 1 is 1.05 bits per heavy atom. The van der Waals surface area contributed by atoms with Crippen LogP contribution in [0.25, 0.3) is 0 Å². The smallest absolute Gasteiger partial charge is 0.185 e. The molecule has 5 heteroatoms. The molecular weight excluding hydrogens is 280 g/mol. The van der Waals surface area contributed by atoms with Gasteiger partial charge in [-0.1, -0.05) is 20.8 Å². The highest BCUT2D eigenvalue weighted by molar-refractivity contribution is 7.15. The molecule has 0 aliphatic heterocycles. The quantitative estimate of drug-likeness (QED) is 0.680. The highest BCUT2D eigenvalue weighted by atomic mass is 32.1. The number of rotatable bonds is 11. The molecule has 0 bridgehead atoms. The largest absolute Gasteiger partial charge is 0.348 e. The molecule has 21 heavy (non-hydrogen) atoms. The summed E-state index contributed by atoms with van der Waals surface area (Å²) < 4.78 is 0. The summed E-state index contributed by atoms with van der Waals surface area (Å²) in [7, 11) is 0. The molecule has 0 aromatic carbocycles. The Morgan fingerprint density at radius 2 is 1.76 bits per heavy atom. The highest BCUT2D eigenvalue weighted by Gasteiger charge is 2.13. The number of thiazole rings is 1. The zero-order valence-corrected chi connectivity index (χ0v) is 15.2. The zero-order chi connectivity index (χ0) is 15.7. The van der Waals surface area contributed by atoms with Crippen LogP contribution in [0, 0.1) is 6.92 Å². The molecule has 0 radical (unpaired) electrons. The molecule has 1 N–H and O–H groups in total. The van der Waals surface area contributed by atoms with E-state index < -0.39 is 0 Å². The van der Waals surface area contributed by atoms with Gasteiger partial charge in [0.1, 0.15) is 0 Å². The van der Waals surface area contributed by atoms with Crippen molar-refractivity contribution >= 4 is 16.5 Å². The Bertz CT molecular complexity index is 388. The van der Waals surface area contributed by atoms with E-state index in [2.05, 4.69) is 49.7 Å². The number of aryl methyl sites for hydroxylation is 1. The lowest BCUT2D eigenvalue weighted by Crippen LogP contribution is -2.29. The fourth-order valence-corrected chi connectivity index (χ4v) is 3.48. The SMILES string of the molecule is CCNCc1sc(N(CC)CCCN(CC)CC)nc1C. The lowest BCUT2D eigenvalue weighted by Gasteiger charge is -2.23. The van der Waals surface area contributed by atoms with Gasteiger partial charge in [-0.05, 0) is 46.4 Å². The monoisotopic (exact) mass is 312 g/mol. The van der Waals surface area contributed by atoms with Gasteiger partial charge in [-0.2, -0.15) is 0 Å². The highest BCUT2D eigenvalue weighted by Crippen LogP contribution is 2.26. The molecule has 0 aliphatic rings. The summed E-state index contributed by atoms with van der Waals surface area (Å²) in [6, 6.07) is 0. The first-order valence-corrected chi connectivity index (χ1v) is 9.12. The van der Waals surface area contributed by atoms with Gasteiger partial charge in [0.15, 0.2) is 5.13 Å². The Labute approximate surface area is 134 Å². The molecule has 0 fully saturated rings. The minimum absolute atomic E-state index is 0.941. The first kappa shape index (κ1) is 18.4. The van der Waals surface area contributed by atoms with Gasteiger partial charge >= 0.3 is 0 Å². The minimum Gasteiger partial charge on any atom is -0.348 e. The first-order valence-electron chi connectivity index (χ1n) is 8.30. The third-order valence-electron chi connectivity index (χ3n) is 3.87. The van der Waals surface area contributed by atoms with Gasteiger partial charge in [0.25, 0.3) is 0 Å². The maximum absolute atomic E-state index is 4.76. The fraction of sp³-hybridized carbons (Fsp3) is 0.812. The van der Waals surface area contributed by atoms with E-state index in [9.17, 15) is 0 Å². The fourth-order valence-electron chi connectivity index (χ4n) is 2.36. The van der Waals surface area contributed by atoms with Crippen LogP contribution in [-0.2, 0) is 6.54 Å². The van der Waals surface area contributed by atoms with Crippen molar-refractivity contribution in [1.82, 2.24) is 15.2 Å². The van der Waals surface area contributed by atoms with E-state index in [0.29, 0.717) is 0 Å². The second-order valence-corrected chi connectivity index (χ2v) is 6.31. The Hall–Kier alpha value is -0.650. The van der Waals surface area contributed by atoms with Crippen molar-refractivity contribution in [3.8, 4) is 0 Å². The molecule has 1 rings (SSSR count). The molecular formula is C16H32N4S. The van der Waals surface area contributed by atoms with Crippen LogP contribution in [0.5, 0.6) is 0 Å². The van der Waals surface area contributed by atoms with Crippen LogP contribution < -0.4 is 10.2 Å². The van der Waals surface area contributed by atoms with Crippen molar-refractivity contribution < 1.29 is 0 Å². The van der Waals surface area contributed by atoms with E-state index in [-0.39, 0.29) is 0 Å². The lowest BCUT2D eigenvalue weighted by molar-refractivity contribution is 0.301. The van der Waals surface area contributed by atoms with Crippen molar-refractivity contribution in [3.05, 3.63) is 10.6 Å². The molecule has 0 amide bonds. The normalized spacial score (nSPS) is 11.3. The molecule has 1 aromatic heterocycles. The lowest BCUT2D eigenvalue weighted by atomic mass is 10.3. The summed E-state index contributed by atoms with van der Waals surface area (Å²) in [5.41, 5.74) is 1.18. The maximum atomic E-state index is 4.76. The van der Waals surface area contributed by atoms with Crippen molar-refractivity contribution in [2.24, 2.45) is 0 Å². The second kappa shape index (κ2) is 10.1. The van der Waals surface area contributed by atoms with Crippen LogP contribution in [0.3, 0.4) is 0 Å². The second-order valence-electron chi connectivity index (χ2n) is 5.25. The third kappa shape index (κ3) is 5.93. The Balaban J connectivity index is 2.55. The van der Waals surface area contributed by atoms with Gasteiger partial charge < -0.3 is 15.1 Å². The van der Waals surface area contributed by atoms with E-state index in [1.165, 1.54) is 28.7 Å². The predicted molar refractivity (Wildman–Crippen MR) is 94.5 cm³/mol. The van der Waals surface area contributed by atoms with Gasteiger partial charge in [0.05, 0.1) is 5.69 Å². The van der Waals surface area contributed by atoms with Crippen LogP contribution in [0.1, 0.15) is 44.7 Å². The van der Waals surface area contributed by atoms with E-state index >= 15 is 0 Å². The molecule has 0 atom stereocenters. The number of nitrogens with one attached hydrogen (secondary N) is 1. The third-order valence-corrected chi connectivity index (χ3v) is 5.08. The van der Waals surface area contributed by atoms with Crippen LogP contribution in [0.15, 0.2) is 0 Å². The Kier molecular flexibility index (Phi) is 8.88. The maximum Gasteiger partial charge on any atom is 0.185 e. The summed E-state index contributed by atoms with van der Waals surface area (Å²) in [6.07, 6.45) is 1.21. The van der Waals surface area contributed by atoms with E-state index in [1.54, 1.807) is 0 Å². The van der Waals surface area contributed by atoms with Crippen molar-refractivity contribution in [2.45, 2.75) is 47.6 Å². The Morgan fingerprint density at radius 3 is 2.33 bits per heavy atom. The standard InChI is InChI=1S/C16H32N4S/c1-6-17-13-15-14(5)18-16(21-15)20(9-4)12-10-11-19(7-2)8-3/h17H,6-13H2,1-5H3. The average molecular weight is 313 g/mol. The van der Waals surface area contributed by atoms with Crippen molar-refractivity contribution in [1.29, 1.82) is 0 Å². The van der Waals surface area contributed by atoms with E-state index in [1.807, 2.05) is 11.3 Å². The van der Waals surface area contributed by atoms with Crippen molar-refractivity contribution in [2.75, 3.05) is 44.2 Å². The number of nitrogens with zero attached hydrogens (tertiary/aromatic N) is 3. The van der Waals surface area contributed by atoms with Gasteiger partial charge in [-0.3, -0.25) is 0 Å². The summed E-state index contributed by atoms with van der Waals surface area (Å²) in [5.74, 6) is 0. The van der Waals surface area contributed by atoms with Gasteiger partial charge in [0, 0.05) is 24.5 Å². The van der Waals surface area contributed by atoms with E-state index in [0.717, 1.165) is 39.3 Å². The molecule has 1 heterocycles. The molecule has 4 nitrogen and oxygen atoms in total. The number of anilines is 1. The molecule has 0 unspecified atom stereocenters. The molecule has 0 aliphatic carbocycles. The summed E-state index contributed by atoms with van der Waals surface area (Å²) in [4.78, 5) is 11.0. The molecule has 0 spiro atoms. The van der Waals surface area contributed by atoms with Gasteiger partial charge in [0.2, 0.25) is 0 Å². The average Bonchev–Trinajstić information content (AvgIpc) is 2.86. The van der Waals surface area contributed by atoms with Crippen LogP contribution in [0.4, 0.5) is 5.13 Å². The predicted octanol–water partition coefficient (Wildman–Crippen LogP) is 3.12. The van der Waals surface area contributed by atoms with Gasteiger partial charge in [-0.25, -0.2) is 4.98 Å². The van der Waals surface area contributed by atoms with Crippen molar-refractivity contribution in [3.63, 3.8) is 0 Å². The topological polar surface area (TPSA) is 31.4 Å². The van der Waals surface area contributed by atoms with Crippen LogP contribution in [0.2, 0.25) is 0 Å². The number of hydrogen-bond acceptors (Lipinski definition) is 5. The number of hydrogen-bond donors (Lipinski definition) is 1. The minimum atomic E-state index is 0.941. The van der Waals surface area contributed by atoms with Gasteiger partial charge in [-0.15, -0.1) is 11.3 Å². The molecule has 1 aromatic rings. The summed E-state index contributed by atoms with van der Waals surface area (Å²) in [5, 5.41) is 4.58. The van der Waals surface area contributed by atoms with Crippen LogP contribution >= 0.6 is 11.3 Å². The first-order chi connectivity index (χ1) is 10.2.